The standard InChI is InChI=1S/C21H36N4O7/c1-22(2)18(28)5-3-4-6-21(25(12-14-27)16-20(31)32)7-8-23(11-13-26)9-10-24(17-21)15-19(29)30/h13-14H,3-12,15-17H2,1-2H3,(H,29,30)(H,31,32). The molecule has 1 aliphatic heterocycles. The maximum Gasteiger partial charge on any atom is 0.317 e. The van der Waals surface area contributed by atoms with Gasteiger partial charge >= 0.3 is 11.9 Å². The van der Waals surface area contributed by atoms with Crippen LogP contribution in [0.1, 0.15) is 32.1 Å². The predicted octanol–water partition coefficient (Wildman–Crippen LogP) is -0.749. The summed E-state index contributed by atoms with van der Waals surface area (Å²) in [6.07, 6.45) is 3.98. The molecule has 0 radical (unpaired) electrons. The number of carboxylic acids is 2. The third-order valence-corrected chi connectivity index (χ3v) is 5.91. The Morgan fingerprint density at radius 1 is 0.969 bits per heavy atom. The van der Waals surface area contributed by atoms with Crippen LogP contribution in [0, 0.1) is 0 Å². The molecule has 0 aromatic heterocycles. The SMILES string of the molecule is CN(C)C(=O)CCCCC1(N(CC=O)CC(=O)O)CCN(CC=O)CCN(CC(=O)O)C1. The number of unbranched alkanes of at least 4 members (excludes halogenated alkanes) is 1. The molecule has 1 heterocycles. The van der Waals surface area contributed by atoms with Gasteiger partial charge in [-0.2, -0.15) is 0 Å². The second-order valence-corrected chi connectivity index (χ2v) is 8.48. The van der Waals surface area contributed by atoms with E-state index in [2.05, 4.69) is 0 Å². The van der Waals surface area contributed by atoms with E-state index in [0.717, 1.165) is 6.29 Å². The van der Waals surface area contributed by atoms with Crippen LogP contribution < -0.4 is 0 Å². The molecule has 1 fully saturated rings. The highest BCUT2D eigenvalue weighted by molar-refractivity contribution is 5.75. The summed E-state index contributed by atoms with van der Waals surface area (Å²) in [5.74, 6) is -2.08. The number of carbonyl (C=O) groups is 5. The van der Waals surface area contributed by atoms with Gasteiger partial charge in [0.1, 0.15) is 12.6 Å². The summed E-state index contributed by atoms with van der Waals surface area (Å²) in [6.45, 7) is 1.25. The quantitative estimate of drug-likeness (QED) is 0.253. The molecule has 11 heteroatoms. The van der Waals surface area contributed by atoms with Gasteiger partial charge in [-0.15, -0.1) is 0 Å². The lowest BCUT2D eigenvalue weighted by atomic mass is 9.84. The summed E-state index contributed by atoms with van der Waals surface area (Å²) in [5, 5.41) is 18.8. The first-order valence-corrected chi connectivity index (χ1v) is 10.8. The van der Waals surface area contributed by atoms with Crippen molar-refractivity contribution in [3.05, 3.63) is 0 Å². The van der Waals surface area contributed by atoms with Gasteiger partial charge in [0.2, 0.25) is 5.91 Å². The van der Waals surface area contributed by atoms with Crippen molar-refractivity contribution in [1.82, 2.24) is 19.6 Å². The Morgan fingerprint density at radius 3 is 2.22 bits per heavy atom. The zero-order valence-corrected chi connectivity index (χ0v) is 19.1. The molecule has 1 unspecified atom stereocenters. The number of nitrogens with zero attached hydrogens (tertiary/aromatic N) is 4. The van der Waals surface area contributed by atoms with Gasteiger partial charge in [-0.25, -0.2) is 0 Å². The van der Waals surface area contributed by atoms with Crippen molar-refractivity contribution in [1.29, 1.82) is 0 Å². The Labute approximate surface area is 188 Å². The smallest absolute Gasteiger partial charge is 0.317 e. The highest BCUT2D eigenvalue weighted by atomic mass is 16.4. The van der Waals surface area contributed by atoms with Crippen LogP contribution in [0.3, 0.4) is 0 Å². The van der Waals surface area contributed by atoms with Crippen LogP contribution in [-0.4, -0.2) is 132 Å². The van der Waals surface area contributed by atoms with Crippen LogP contribution in [0.4, 0.5) is 0 Å². The Morgan fingerprint density at radius 2 is 1.66 bits per heavy atom. The highest BCUT2D eigenvalue weighted by Crippen LogP contribution is 2.30. The lowest BCUT2D eigenvalue weighted by Gasteiger charge is -2.48. The van der Waals surface area contributed by atoms with Crippen LogP contribution in [-0.2, 0) is 24.0 Å². The molecule has 0 aromatic carbocycles. The first-order valence-electron chi connectivity index (χ1n) is 10.8. The lowest BCUT2D eigenvalue weighted by molar-refractivity contribution is -0.143. The number of amides is 1. The average molecular weight is 457 g/mol. The summed E-state index contributed by atoms with van der Waals surface area (Å²) in [5.41, 5.74) is -0.780. The fraction of sp³-hybridized carbons (Fsp3) is 0.762. The number of aldehydes is 2. The van der Waals surface area contributed by atoms with Crippen molar-refractivity contribution in [3.8, 4) is 0 Å². The number of hydrogen-bond donors (Lipinski definition) is 2. The fourth-order valence-corrected chi connectivity index (χ4v) is 4.20. The zero-order valence-electron chi connectivity index (χ0n) is 19.1. The van der Waals surface area contributed by atoms with Crippen LogP contribution in [0.25, 0.3) is 0 Å². The Hall–Kier alpha value is -2.37. The van der Waals surface area contributed by atoms with E-state index in [1.165, 1.54) is 4.90 Å². The van der Waals surface area contributed by atoms with E-state index in [0.29, 0.717) is 58.0 Å². The molecule has 32 heavy (non-hydrogen) atoms. The lowest BCUT2D eigenvalue weighted by Crippen LogP contribution is -2.61. The summed E-state index contributed by atoms with van der Waals surface area (Å²) >= 11 is 0. The molecule has 0 spiro atoms. The number of rotatable bonds is 14. The minimum absolute atomic E-state index is 0.00309. The number of carboxylic acid groups (broad SMARTS) is 2. The van der Waals surface area contributed by atoms with Crippen molar-refractivity contribution < 1.29 is 34.2 Å². The largest absolute Gasteiger partial charge is 0.480 e. The molecule has 1 aliphatic rings. The summed E-state index contributed by atoms with van der Waals surface area (Å²) in [4.78, 5) is 64.2. The van der Waals surface area contributed by atoms with Gasteiger partial charge in [-0.1, -0.05) is 6.42 Å². The first-order chi connectivity index (χ1) is 15.1. The number of aliphatic carboxylic acids is 2. The van der Waals surface area contributed by atoms with E-state index < -0.39 is 17.5 Å². The van der Waals surface area contributed by atoms with Crippen molar-refractivity contribution >= 4 is 30.4 Å². The van der Waals surface area contributed by atoms with Crippen LogP contribution >= 0.6 is 0 Å². The van der Waals surface area contributed by atoms with E-state index in [4.69, 9.17) is 0 Å². The maximum absolute atomic E-state index is 11.9. The summed E-state index contributed by atoms with van der Waals surface area (Å²) in [7, 11) is 3.37. The monoisotopic (exact) mass is 456 g/mol. The fourth-order valence-electron chi connectivity index (χ4n) is 4.20. The second-order valence-electron chi connectivity index (χ2n) is 8.48. The minimum Gasteiger partial charge on any atom is -0.480 e. The molecular formula is C21H36N4O7. The second kappa shape index (κ2) is 13.9. The van der Waals surface area contributed by atoms with Gasteiger partial charge in [-0.3, -0.25) is 29.1 Å². The Kier molecular flexibility index (Phi) is 12.0. The molecule has 0 bridgehead atoms. The molecule has 11 nitrogen and oxygen atoms in total. The van der Waals surface area contributed by atoms with Gasteiger partial charge in [0.25, 0.3) is 0 Å². The molecule has 1 amide bonds. The average Bonchev–Trinajstić information content (AvgIpc) is 2.69. The van der Waals surface area contributed by atoms with Gasteiger partial charge in [-0.05, 0) is 19.3 Å². The molecule has 1 rings (SSSR count). The van der Waals surface area contributed by atoms with Crippen molar-refractivity contribution in [2.45, 2.75) is 37.6 Å². The van der Waals surface area contributed by atoms with E-state index >= 15 is 0 Å². The van der Waals surface area contributed by atoms with E-state index in [-0.39, 0.29) is 38.6 Å². The van der Waals surface area contributed by atoms with E-state index in [1.807, 2.05) is 4.90 Å². The molecular weight excluding hydrogens is 420 g/mol. The maximum atomic E-state index is 11.9. The van der Waals surface area contributed by atoms with Crippen molar-refractivity contribution in [3.63, 3.8) is 0 Å². The topological polar surface area (TPSA) is 139 Å². The van der Waals surface area contributed by atoms with Gasteiger partial charge < -0.3 is 24.7 Å². The van der Waals surface area contributed by atoms with Crippen LogP contribution in [0.5, 0.6) is 0 Å². The van der Waals surface area contributed by atoms with E-state index in [1.54, 1.807) is 23.9 Å². The molecule has 0 aromatic rings. The zero-order chi connectivity index (χ0) is 24.1. The summed E-state index contributed by atoms with van der Waals surface area (Å²) < 4.78 is 0. The molecule has 182 valence electrons. The van der Waals surface area contributed by atoms with Crippen LogP contribution in [0.2, 0.25) is 0 Å². The van der Waals surface area contributed by atoms with Crippen LogP contribution in [0.15, 0.2) is 0 Å². The normalized spacial score (nSPS) is 20.3. The number of carbonyl (C=O) groups excluding carboxylic acids is 3. The Balaban J connectivity index is 3.20. The van der Waals surface area contributed by atoms with Gasteiger partial charge in [0, 0.05) is 52.2 Å². The predicted molar refractivity (Wildman–Crippen MR) is 116 cm³/mol. The third kappa shape index (κ3) is 9.41. The molecule has 1 atom stereocenters. The van der Waals surface area contributed by atoms with Gasteiger partial charge in [0.05, 0.1) is 26.2 Å². The first kappa shape index (κ1) is 27.7. The van der Waals surface area contributed by atoms with E-state index in [9.17, 15) is 34.2 Å². The number of hydrogen-bond acceptors (Lipinski definition) is 8. The Bertz CT molecular complexity index is 658. The minimum atomic E-state index is -1.08. The highest BCUT2D eigenvalue weighted by Gasteiger charge is 2.40. The summed E-state index contributed by atoms with van der Waals surface area (Å²) in [6, 6.07) is 0. The molecule has 0 saturated carbocycles. The van der Waals surface area contributed by atoms with Gasteiger partial charge in [0.15, 0.2) is 0 Å². The van der Waals surface area contributed by atoms with Crippen molar-refractivity contribution in [2.75, 3.05) is 66.5 Å². The third-order valence-electron chi connectivity index (χ3n) is 5.91. The van der Waals surface area contributed by atoms with Crippen molar-refractivity contribution in [2.24, 2.45) is 0 Å². The molecule has 2 N–H and O–H groups in total. The molecule has 1 saturated heterocycles. The molecule has 0 aliphatic carbocycles.